The van der Waals surface area contributed by atoms with Crippen molar-refractivity contribution in [2.75, 3.05) is 6.61 Å². The van der Waals surface area contributed by atoms with E-state index >= 15 is 0 Å². The number of ketones is 1. The first-order valence-electron chi connectivity index (χ1n) is 5.65. The Morgan fingerprint density at radius 2 is 2.12 bits per heavy atom. The van der Waals surface area contributed by atoms with Gasteiger partial charge in [-0.05, 0) is 38.0 Å². The molecule has 0 aliphatic carbocycles. The summed E-state index contributed by atoms with van der Waals surface area (Å²) >= 11 is 0. The standard InChI is InChI=1S/C14H18O2/c1-4-11(5-2)14(15)12-8-7-9-13(10-12)16-6-3/h4,7-10H,5-6H2,1-3H3/b11-4+. The van der Waals surface area contributed by atoms with Gasteiger partial charge in [-0.3, -0.25) is 4.79 Å². The summed E-state index contributed by atoms with van der Waals surface area (Å²) < 4.78 is 5.37. The van der Waals surface area contributed by atoms with Gasteiger partial charge in [0.25, 0.3) is 0 Å². The van der Waals surface area contributed by atoms with Crippen LogP contribution in [0.5, 0.6) is 5.75 Å². The van der Waals surface area contributed by atoms with Crippen LogP contribution in [0.4, 0.5) is 0 Å². The lowest BCUT2D eigenvalue weighted by molar-refractivity contribution is 0.103. The molecule has 1 aromatic carbocycles. The van der Waals surface area contributed by atoms with Crippen LogP contribution in [-0.4, -0.2) is 12.4 Å². The summed E-state index contributed by atoms with van der Waals surface area (Å²) in [5.41, 5.74) is 1.54. The largest absolute Gasteiger partial charge is 0.494 e. The topological polar surface area (TPSA) is 26.3 Å². The maximum Gasteiger partial charge on any atom is 0.188 e. The second-order valence-corrected chi connectivity index (χ2v) is 3.46. The van der Waals surface area contributed by atoms with Crippen LogP contribution in [0.1, 0.15) is 37.6 Å². The first-order valence-corrected chi connectivity index (χ1v) is 5.65. The Bertz CT molecular complexity index is 391. The highest BCUT2D eigenvalue weighted by Crippen LogP contribution is 2.17. The van der Waals surface area contributed by atoms with Crippen molar-refractivity contribution < 1.29 is 9.53 Å². The van der Waals surface area contributed by atoms with Crippen LogP contribution < -0.4 is 4.74 Å². The summed E-state index contributed by atoms with van der Waals surface area (Å²) in [7, 11) is 0. The fourth-order valence-electron chi connectivity index (χ4n) is 1.57. The molecule has 1 rings (SSSR count). The number of ether oxygens (including phenoxy) is 1. The van der Waals surface area contributed by atoms with E-state index in [0.29, 0.717) is 12.2 Å². The van der Waals surface area contributed by atoms with E-state index < -0.39 is 0 Å². The van der Waals surface area contributed by atoms with Crippen molar-refractivity contribution >= 4 is 5.78 Å². The first kappa shape index (κ1) is 12.5. The first-order chi connectivity index (χ1) is 7.72. The van der Waals surface area contributed by atoms with Crippen molar-refractivity contribution in [3.63, 3.8) is 0 Å². The molecule has 0 saturated heterocycles. The molecule has 0 aliphatic heterocycles. The summed E-state index contributed by atoms with van der Waals surface area (Å²) in [5, 5.41) is 0. The van der Waals surface area contributed by atoms with Crippen molar-refractivity contribution in [2.45, 2.75) is 27.2 Å². The van der Waals surface area contributed by atoms with Gasteiger partial charge in [0, 0.05) is 5.56 Å². The maximum atomic E-state index is 12.0. The minimum absolute atomic E-state index is 0.0894. The van der Waals surface area contributed by atoms with E-state index in [2.05, 4.69) is 0 Å². The van der Waals surface area contributed by atoms with Crippen molar-refractivity contribution in [1.82, 2.24) is 0 Å². The fraction of sp³-hybridized carbons (Fsp3) is 0.357. The second kappa shape index (κ2) is 6.11. The third-order valence-corrected chi connectivity index (χ3v) is 2.43. The van der Waals surface area contributed by atoms with Crippen LogP contribution in [0, 0.1) is 0 Å². The predicted molar refractivity (Wildman–Crippen MR) is 66.0 cm³/mol. The molecular weight excluding hydrogens is 200 g/mol. The van der Waals surface area contributed by atoms with Crippen LogP contribution in [0.15, 0.2) is 35.9 Å². The van der Waals surface area contributed by atoms with Gasteiger partial charge >= 0.3 is 0 Å². The monoisotopic (exact) mass is 218 g/mol. The molecule has 2 heteroatoms. The molecule has 0 fully saturated rings. The van der Waals surface area contributed by atoms with Gasteiger partial charge in [-0.1, -0.05) is 25.1 Å². The molecule has 0 aliphatic rings. The Morgan fingerprint density at radius 3 is 2.69 bits per heavy atom. The molecule has 0 unspecified atom stereocenters. The van der Waals surface area contributed by atoms with Crippen LogP contribution >= 0.6 is 0 Å². The van der Waals surface area contributed by atoms with Crippen molar-refractivity contribution in [3.8, 4) is 5.75 Å². The number of hydrogen-bond acceptors (Lipinski definition) is 2. The Hall–Kier alpha value is -1.57. The number of hydrogen-bond donors (Lipinski definition) is 0. The van der Waals surface area contributed by atoms with Crippen LogP contribution in [0.25, 0.3) is 0 Å². The van der Waals surface area contributed by atoms with Gasteiger partial charge in [-0.15, -0.1) is 0 Å². The molecule has 86 valence electrons. The highest BCUT2D eigenvalue weighted by Gasteiger charge is 2.10. The summed E-state index contributed by atoms with van der Waals surface area (Å²) in [6.07, 6.45) is 2.63. The van der Waals surface area contributed by atoms with Gasteiger partial charge in [0.15, 0.2) is 5.78 Å². The Balaban J connectivity index is 2.95. The zero-order valence-electron chi connectivity index (χ0n) is 10.1. The predicted octanol–water partition coefficient (Wildman–Crippen LogP) is 3.62. The average molecular weight is 218 g/mol. The Morgan fingerprint density at radius 1 is 1.38 bits per heavy atom. The van der Waals surface area contributed by atoms with Crippen LogP contribution in [-0.2, 0) is 0 Å². The smallest absolute Gasteiger partial charge is 0.188 e. The summed E-state index contributed by atoms with van der Waals surface area (Å²) in [6.45, 7) is 6.42. The Kier molecular flexibility index (Phi) is 4.77. The molecule has 0 bridgehead atoms. The molecule has 0 amide bonds. The molecule has 0 heterocycles. The summed E-state index contributed by atoms with van der Waals surface area (Å²) in [6, 6.07) is 7.33. The number of benzene rings is 1. The van der Waals surface area contributed by atoms with E-state index in [0.717, 1.165) is 17.7 Å². The van der Waals surface area contributed by atoms with E-state index in [-0.39, 0.29) is 5.78 Å². The molecule has 0 atom stereocenters. The summed E-state index contributed by atoms with van der Waals surface area (Å²) in [4.78, 5) is 12.0. The minimum atomic E-state index is 0.0894. The van der Waals surface area contributed by atoms with Crippen molar-refractivity contribution in [2.24, 2.45) is 0 Å². The average Bonchev–Trinajstić information content (AvgIpc) is 2.31. The molecule has 0 aromatic heterocycles. The van der Waals surface area contributed by atoms with Gasteiger partial charge in [-0.2, -0.15) is 0 Å². The summed E-state index contributed by atoms with van der Waals surface area (Å²) in [5.74, 6) is 0.839. The van der Waals surface area contributed by atoms with E-state index in [1.165, 1.54) is 0 Å². The minimum Gasteiger partial charge on any atom is -0.494 e. The second-order valence-electron chi connectivity index (χ2n) is 3.46. The highest BCUT2D eigenvalue weighted by molar-refractivity contribution is 6.08. The number of rotatable bonds is 5. The SMILES string of the molecule is C/C=C(\CC)C(=O)c1cccc(OCC)c1. The lowest BCUT2D eigenvalue weighted by atomic mass is 10.0. The Labute approximate surface area is 96.9 Å². The lowest BCUT2D eigenvalue weighted by Crippen LogP contribution is -2.03. The molecular formula is C14H18O2. The maximum absolute atomic E-state index is 12.0. The van der Waals surface area contributed by atoms with E-state index in [1.807, 2.05) is 45.0 Å². The van der Waals surface area contributed by atoms with Crippen molar-refractivity contribution in [1.29, 1.82) is 0 Å². The molecule has 0 spiro atoms. The van der Waals surface area contributed by atoms with E-state index in [1.54, 1.807) is 6.07 Å². The number of allylic oxidation sites excluding steroid dienone is 2. The molecule has 1 aromatic rings. The lowest BCUT2D eigenvalue weighted by Gasteiger charge is -2.06. The van der Waals surface area contributed by atoms with Gasteiger partial charge < -0.3 is 4.74 Å². The zero-order chi connectivity index (χ0) is 12.0. The highest BCUT2D eigenvalue weighted by atomic mass is 16.5. The molecule has 16 heavy (non-hydrogen) atoms. The molecule has 0 N–H and O–H groups in total. The third-order valence-electron chi connectivity index (χ3n) is 2.43. The van der Waals surface area contributed by atoms with Crippen molar-refractivity contribution in [3.05, 3.63) is 41.5 Å². The van der Waals surface area contributed by atoms with Gasteiger partial charge in [-0.25, -0.2) is 0 Å². The van der Waals surface area contributed by atoms with Crippen LogP contribution in [0.3, 0.4) is 0 Å². The molecule has 0 radical (unpaired) electrons. The zero-order valence-corrected chi connectivity index (χ0v) is 10.1. The number of Topliss-reactive ketones (excluding diaryl/α,β-unsaturated/α-hetero) is 1. The van der Waals surface area contributed by atoms with Gasteiger partial charge in [0.2, 0.25) is 0 Å². The van der Waals surface area contributed by atoms with Gasteiger partial charge in [0.1, 0.15) is 5.75 Å². The third kappa shape index (κ3) is 2.96. The quantitative estimate of drug-likeness (QED) is 0.557. The number of carbonyl (C=O) groups excluding carboxylic acids is 1. The fourth-order valence-corrected chi connectivity index (χ4v) is 1.57. The van der Waals surface area contributed by atoms with E-state index in [4.69, 9.17) is 4.74 Å². The van der Waals surface area contributed by atoms with Crippen LogP contribution in [0.2, 0.25) is 0 Å². The number of carbonyl (C=O) groups is 1. The molecule has 2 nitrogen and oxygen atoms in total. The normalized spacial score (nSPS) is 11.3. The van der Waals surface area contributed by atoms with Gasteiger partial charge in [0.05, 0.1) is 6.61 Å². The molecule has 0 saturated carbocycles. The van der Waals surface area contributed by atoms with E-state index in [9.17, 15) is 4.79 Å².